The molecule has 5 rings (SSSR count). The molecule has 0 unspecified atom stereocenters. The topological polar surface area (TPSA) is 54.3 Å². The third-order valence-electron chi connectivity index (χ3n) is 8.23. The summed E-state index contributed by atoms with van der Waals surface area (Å²) in [4.78, 5) is 29.7. The highest BCUT2D eigenvalue weighted by atomic mass is 32.1. The van der Waals surface area contributed by atoms with Crippen molar-refractivity contribution in [2.24, 2.45) is 11.8 Å². The zero-order valence-corrected chi connectivity index (χ0v) is 21.6. The molecule has 4 atom stereocenters. The Morgan fingerprint density at radius 3 is 2.59 bits per heavy atom. The molecule has 0 radical (unpaired) electrons. The molecule has 1 N–H and O–H groups in total. The molecule has 1 fully saturated rings. The van der Waals surface area contributed by atoms with Crippen molar-refractivity contribution in [1.29, 1.82) is 0 Å². The van der Waals surface area contributed by atoms with Crippen LogP contribution in [0.15, 0.2) is 41.8 Å². The van der Waals surface area contributed by atoms with Crippen molar-refractivity contribution in [3.05, 3.63) is 53.0 Å². The zero-order chi connectivity index (χ0) is 24.2. The molecule has 3 heterocycles. The van der Waals surface area contributed by atoms with Crippen molar-refractivity contribution < 1.29 is 9.59 Å². The molecule has 0 saturated heterocycles. The van der Waals surface area contributed by atoms with Crippen LogP contribution in [-0.2, 0) is 11.3 Å². The van der Waals surface area contributed by atoms with Crippen LogP contribution in [-0.4, -0.2) is 28.0 Å². The van der Waals surface area contributed by atoms with E-state index in [1.165, 1.54) is 12.0 Å². The number of carbonyl (C=O) groups excluding carboxylic acids is 2. The number of nitrogens with one attached hydrogen (secondary N) is 1. The Balaban J connectivity index is 1.57. The number of nitrogens with zero attached hydrogens (tertiary/aromatic N) is 2. The lowest BCUT2D eigenvalue weighted by Gasteiger charge is -2.45. The number of amides is 2. The fraction of sp³-hybridized carbons (Fsp3) is 0.500. The Morgan fingerprint density at radius 1 is 1.15 bits per heavy atom. The SMILES string of the molecule is CC(C)c1ccc(N2C(=O)c3cc4sccc4n3C[C@]2(C)C(=O)N[C@@H]2CCC[C@@H](C)[C@@H]2C)cc1. The van der Waals surface area contributed by atoms with Crippen molar-refractivity contribution in [3.63, 3.8) is 0 Å². The summed E-state index contributed by atoms with van der Waals surface area (Å²) >= 11 is 1.63. The van der Waals surface area contributed by atoms with Crippen molar-refractivity contribution >= 4 is 39.1 Å². The van der Waals surface area contributed by atoms with Gasteiger partial charge < -0.3 is 9.88 Å². The van der Waals surface area contributed by atoms with Crippen molar-refractivity contribution in [3.8, 4) is 0 Å². The monoisotopic (exact) mass is 477 g/mol. The number of hydrogen-bond acceptors (Lipinski definition) is 3. The molecule has 0 spiro atoms. The number of hydrogen-bond donors (Lipinski definition) is 1. The standard InChI is InChI=1S/C28H35N3O2S/c1-17(2)20-9-11-21(12-10-20)31-26(32)24-15-25-23(13-14-34-25)30(24)16-28(31,5)27(33)29-22-8-6-7-18(3)19(22)4/h9-15,17-19,22H,6-8,16H2,1-5H3,(H,29,33)/t18-,19+,22-,28-/m1/s1. The molecule has 1 saturated carbocycles. The van der Waals surface area contributed by atoms with Crippen LogP contribution in [0.3, 0.4) is 0 Å². The van der Waals surface area contributed by atoms with E-state index in [0.29, 0.717) is 30.0 Å². The second kappa shape index (κ2) is 8.56. The average molecular weight is 478 g/mol. The van der Waals surface area contributed by atoms with Crippen LogP contribution in [0.4, 0.5) is 5.69 Å². The first-order chi connectivity index (χ1) is 16.2. The quantitative estimate of drug-likeness (QED) is 0.487. The zero-order valence-electron chi connectivity index (χ0n) is 20.8. The predicted octanol–water partition coefficient (Wildman–Crippen LogP) is 6.19. The van der Waals surface area contributed by atoms with Gasteiger partial charge >= 0.3 is 0 Å². The van der Waals surface area contributed by atoms with Gasteiger partial charge in [-0.3, -0.25) is 14.5 Å². The average Bonchev–Trinajstić information content (AvgIpc) is 3.40. The van der Waals surface area contributed by atoms with Gasteiger partial charge in [0.1, 0.15) is 11.2 Å². The number of rotatable bonds is 4. The highest BCUT2D eigenvalue weighted by Gasteiger charge is 2.49. The van der Waals surface area contributed by atoms with Gasteiger partial charge in [0.25, 0.3) is 5.91 Å². The van der Waals surface area contributed by atoms with E-state index >= 15 is 0 Å². The van der Waals surface area contributed by atoms with Crippen LogP contribution in [0.1, 0.15) is 75.9 Å². The molecule has 1 aliphatic carbocycles. The van der Waals surface area contributed by atoms with Crippen LogP contribution in [0.25, 0.3) is 10.2 Å². The van der Waals surface area contributed by atoms with E-state index in [1.54, 1.807) is 16.2 Å². The summed E-state index contributed by atoms with van der Waals surface area (Å²) in [6, 6.07) is 12.3. The Hall–Kier alpha value is -2.60. The summed E-state index contributed by atoms with van der Waals surface area (Å²) in [5.74, 6) is 1.22. The first-order valence-corrected chi connectivity index (χ1v) is 13.4. The molecule has 6 heteroatoms. The summed E-state index contributed by atoms with van der Waals surface area (Å²) in [5, 5.41) is 5.42. The Kier molecular flexibility index (Phi) is 5.83. The maximum Gasteiger partial charge on any atom is 0.275 e. The molecule has 0 bridgehead atoms. The molecule has 2 aromatic heterocycles. The minimum absolute atomic E-state index is 0.0672. The maximum absolute atomic E-state index is 14.0. The lowest BCUT2D eigenvalue weighted by Crippen LogP contribution is -2.66. The molecule has 3 aromatic rings. The van der Waals surface area contributed by atoms with Crippen LogP contribution >= 0.6 is 11.3 Å². The lowest BCUT2D eigenvalue weighted by molar-refractivity contribution is -0.128. The van der Waals surface area contributed by atoms with Crippen LogP contribution in [0.2, 0.25) is 0 Å². The van der Waals surface area contributed by atoms with Gasteiger partial charge in [-0.15, -0.1) is 11.3 Å². The fourth-order valence-electron chi connectivity index (χ4n) is 5.74. The summed E-state index contributed by atoms with van der Waals surface area (Å²) in [5.41, 5.74) is 2.64. The lowest BCUT2D eigenvalue weighted by atomic mass is 9.77. The normalized spacial score (nSPS) is 27.3. The largest absolute Gasteiger partial charge is 0.351 e. The molecule has 2 amide bonds. The molecular weight excluding hydrogens is 442 g/mol. The Labute approximate surface area is 206 Å². The van der Waals surface area contributed by atoms with Gasteiger partial charge in [-0.25, -0.2) is 0 Å². The van der Waals surface area contributed by atoms with Gasteiger partial charge in [0.15, 0.2) is 0 Å². The molecule has 2 aliphatic rings. The van der Waals surface area contributed by atoms with E-state index in [2.05, 4.69) is 45.1 Å². The molecule has 180 valence electrons. The summed E-state index contributed by atoms with van der Waals surface area (Å²) in [6.45, 7) is 11.2. The third-order valence-corrected chi connectivity index (χ3v) is 9.09. The second-order valence-corrected chi connectivity index (χ2v) is 11.7. The van der Waals surface area contributed by atoms with E-state index in [4.69, 9.17) is 0 Å². The molecule has 1 aliphatic heterocycles. The number of anilines is 1. The Morgan fingerprint density at radius 2 is 1.88 bits per heavy atom. The number of thiophene rings is 1. The first kappa shape index (κ1) is 23.2. The summed E-state index contributed by atoms with van der Waals surface area (Å²) in [7, 11) is 0. The summed E-state index contributed by atoms with van der Waals surface area (Å²) < 4.78 is 3.12. The van der Waals surface area contributed by atoms with Crippen LogP contribution in [0.5, 0.6) is 0 Å². The number of benzene rings is 1. The van der Waals surface area contributed by atoms with E-state index in [0.717, 1.165) is 28.7 Å². The molecule has 1 aromatic carbocycles. The van der Waals surface area contributed by atoms with Crippen LogP contribution in [0, 0.1) is 11.8 Å². The Bertz CT molecular complexity index is 1220. The van der Waals surface area contributed by atoms with Gasteiger partial charge in [-0.05, 0) is 66.3 Å². The van der Waals surface area contributed by atoms with E-state index in [9.17, 15) is 9.59 Å². The van der Waals surface area contributed by atoms with E-state index in [-0.39, 0.29) is 17.9 Å². The van der Waals surface area contributed by atoms with Gasteiger partial charge in [0.2, 0.25) is 5.91 Å². The van der Waals surface area contributed by atoms with Gasteiger partial charge in [0.05, 0.1) is 16.8 Å². The highest BCUT2D eigenvalue weighted by Crippen LogP contribution is 2.38. The van der Waals surface area contributed by atoms with Crippen molar-refractivity contribution in [1.82, 2.24) is 9.88 Å². The first-order valence-electron chi connectivity index (χ1n) is 12.5. The minimum atomic E-state index is -1.03. The maximum atomic E-state index is 14.0. The fourth-order valence-corrected chi connectivity index (χ4v) is 6.56. The highest BCUT2D eigenvalue weighted by molar-refractivity contribution is 7.17. The summed E-state index contributed by atoms with van der Waals surface area (Å²) in [6.07, 6.45) is 3.33. The van der Waals surface area contributed by atoms with Crippen LogP contribution < -0.4 is 10.2 Å². The molecule has 5 nitrogen and oxygen atoms in total. The number of aromatic nitrogens is 1. The van der Waals surface area contributed by atoms with E-state index < -0.39 is 5.54 Å². The van der Waals surface area contributed by atoms with Crippen molar-refractivity contribution in [2.75, 3.05) is 4.90 Å². The number of carbonyl (C=O) groups is 2. The number of fused-ring (bicyclic) bond motifs is 3. The molecular formula is C28H35N3O2S. The van der Waals surface area contributed by atoms with Crippen molar-refractivity contribution in [2.45, 2.75) is 77.9 Å². The smallest absolute Gasteiger partial charge is 0.275 e. The molecule has 34 heavy (non-hydrogen) atoms. The third kappa shape index (κ3) is 3.67. The minimum Gasteiger partial charge on any atom is -0.351 e. The van der Waals surface area contributed by atoms with Gasteiger partial charge in [-0.1, -0.05) is 52.7 Å². The van der Waals surface area contributed by atoms with Gasteiger partial charge in [0, 0.05) is 11.7 Å². The predicted molar refractivity (Wildman–Crippen MR) is 140 cm³/mol. The van der Waals surface area contributed by atoms with Gasteiger partial charge in [-0.2, -0.15) is 0 Å². The second-order valence-electron chi connectivity index (χ2n) is 10.8. The van der Waals surface area contributed by atoms with E-state index in [1.807, 2.05) is 41.1 Å².